The normalized spacial score (nSPS) is 14.3. The van der Waals surface area contributed by atoms with E-state index in [9.17, 15) is 13.2 Å². The van der Waals surface area contributed by atoms with Gasteiger partial charge < -0.3 is 9.88 Å². The van der Waals surface area contributed by atoms with Gasteiger partial charge in [0.25, 0.3) is 0 Å². The minimum atomic E-state index is -3.47. The van der Waals surface area contributed by atoms with Crippen LogP contribution in [0.15, 0.2) is 34.3 Å². The van der Waals surface area contributed by atoms with Crippen LogP contribution in [0.25, 0.3) is 0 Å². The molecule has 10 heteroatoms. The molecule has 3 rings (SSSR count). The SMILES string of the molecule is CCN(CC)S(=O)(=O)c1ccc(CNC(=O)CSc2nnc(C)n2C2CC2)cc1. The lowest BCUT2D eigenvalue weighted by atomic mass is 10.2. The molecule has 0 unspecified atom stereocenters. The Morgan fingerprint density at radius 2 is 1.86 bits per heavy atom. The first-order valence-corrected chi connectivity index (χ1v) is 12.2. The first kappa shape index (κ1) is 21.8. The maximum absolute atomic E-state index is 12.5. The summed E-state index contributed by atoms with van der Waals surface area (Å²) >= 11 is 1.39. The van der Waals surface area contributed by atoms with Gasteiger partial charge in [-0.1, -0.05) is 37.7 Å². The van der Waals surface area contributed by atoms with Gasteiger partial charge in [-0.25, -0.2) is 8.42 Å². The van der Waals surface area contributed by atoms with Gasteiger partial charge in [-0.15, -0.1) is 10.2 Å². The number of carbonyl (C=O) groups excluding carboxylic acids is 1. The summed E-state index contributed by atoms with van der Waals surface area (Å²) in [6, 6.07) is 7.12. The van der Waals surface area contributed by atoms with Gasteiger partial charge in [-0.2, -0.15) is 4.31 Å². The fraction of sp³-hybridized carbons (Fsp3) is 0.526. The third kappa shape index (κ3) is 5.18. The Morgan fingerprint density at radius 3 is 2.45 bits per heavy atom. The smallest absolute Gasteiger partial charge is 0.243 e. The van der Waals surface area contributed by atoms with E-state index >= 15 is 0 Å². The Morgan fingerprint density at radius 1 is 1.21 bits per heavy atom. The molecule has 0 aliphatic heterocycles. The van der Waals surface area contributed by atoms with E-state index in [1.54, 1.807) is 24.3 Å². The van der Waals surface area contributed by atoms with Crippen LogP contribution in [0.4, 0.5) is 0 Å². The van der Waals surface area contributed by atoms with Crippen molar-refractivity contribution in [1.29, 1.82) is 0 Å². The molecule has 0 radical (unpaired) electrons. The Hall–Kier alpha value is -1.91. The monoisotopic (exact) mass is 437 g/mol. The van der Waals surface area contributed by atoms with Crippen LogP contribution in [0.1, 0.15) is 44.1 Å². The fourth-order valence-corrected chi connectivity index (χ4v) is 5.41. The van der Waals surface area contributed by atoms with Gasteiger partial charge >= 0.3 is 0 Å². The van der Waals surface area contributed by atoms with Gasteiger partial charge in [0.2, 0.25) is 15.9 Å². The molecule has 8 nitrogen and oxygen atoms in total. The molecule has 1 aliphatic carbocycles. The molecular weight excluding hydrogens is 410 g/mol. The second-order valence-electron chi connectivity index (χ2n) is 6.93. The Labute approximate surface area is 176 Å². The molecule has 158 valence electrons. The van der Waals surface area contributed by atoms with Crippen molar-refractivity contribution in [2.75, 3.05) is 18.8 Å². The highest BCUT2D eigenvalue weighted by molar-refractivity contribution is 7.99. The number of hydrogen-bond acceptors (Lipinski definition) is 6. The van der Waals surface area contributed by atoms with Crippen molar-refractivity contribution in [1.82, 2.24) is 24.4 Å². The van der Waals surface area contributed by atoms with Crippen molar-refractivity contribution < 1.29 is 13.2 Å². The lowest BCUT2D eigenvalue weighted by Gasteiger charge is -2.18. The number of aromatic nitrogens is 3. The van der Waals surface area contributed by atoms with Crippen LogP contribution in [0.2, 0.25) is 0 Å². The predicted molar refractivity (Wildman–Crippen MR) is 112 cm³/mol. The van der Waals surface area contributed by atoms with E-state index < -0.39 is 10.0 Å². The van der Waals surface area contributed by atoms with E-state index in [2.05, 4.69) is 20.1 Å². The summed E-state index contributed by atoms with van der Waals surface area (Å²) < 4.78 is 28.6. The van der Waals surface area contributed by atoms with Crippen LogP contribution >= 0.6 is 11.8 Å². The number of nitrogens with zero attached hydrogens (tertiary/aromatic N) is 4. The summed E-state index contributed by atoms with van der Waals surface area (Å²) in [5.41, 5.74) is 0.846. The van der Waals surface area contributed by atoms with Gasteiger partial charge in [0, 0.05) is 25.7 Å². The first-order chi connectivity index (χ1) is 13.9. The van der Waals surface area contributed by atoms with E-state index in [-0.39, 0.29) is 16.6 Å². The summed E-state index contributed by atoms with van der Waals surface area (Å²) in [6.45, 7) is 6.78. The van der Waals surface area contributed by atoms with E-state index in [1.807, 2.05) is 20.8 Å². The van der Waals surface area contributed by atoms with Crippen LogP contribution in [-0.2, 0) is 21.4 Å². The minimum absolute atomic E-state index is 0.0992. The zero-order chi connectivity index (χ0) is 21.0. The molecule has 2 aromatic rings. The summed E-state index contributed by atoms with van der Waals surface area (Å²) in [7, 11) is -3.47. The van der Waals surface area contributed by atoms with Crippen LogP contribution in [0.3, 0.4) is 0 Å². The highest BCUT2D eigenvalue weighted by Gasteiger charge is 2.28. The number of carbonyl (C=O) groups is 1. The molecule has 1 aromatic carbocycles. The van der Waals surface area contributed by atoms with E-state index in [1.165, 1.54) is 16.1 Å². The highest BCUT2D eigenvalue weighted by Crippen LogP contribution is 2.38. The van der Waals surface area contributed by atoms with Crippen molar-refractivity contribution in [2.45, 2.75) is 56.3 Å². The highest BCUT2D eigenvalue weighted by atomic mass is 32.2. The fourth-order valence-electron chi connectivity index (χ4n) is 3.08. The standard InChI is InChI=1S/C19H27N5O3S2/c1-4-23(5-2)29(26,27)17-10-6-15(7-11-17)12-20-18(25)13-28-19-22-21-14(3)24(19)16-8-9-16/h6-7,10-11,16H,4-5,8-9,12-13H2,1-3H3,(H,20,25). The van der Waals surface area contributed by atoms with Crippen molar-refractivity contribution in [3.63, 3.8) is 0 Å². The molecule has 0 atom stereocenters. The lowest BCUT2D eigenvalue weighted by molar-refractivity contribution is -0.118. The molecule has 0 bridgehead atoms. The number of aryl methyl sites for hydroxylation is 1. The first-order valence-electron chi connectivity index (χ1n) is 9.76. The Bertz CT molecular complexity index is 949. The maximum Gasteiger partial charge on any atom is 0.243 e. The van der Waals surface area contributed by atoms with Crippen LogP contribution in [0, 0.1) is 6.92 Å². The number of thioether (sulfide) groups is 1. The Balaban J connectivity index is 1.52. The largest absolute Gasteiger partial charge is 0.351 e. The Kier molecular flexibility index (Phi) is 6.97. The second kappa shape index (κ2) is 9.27. The number of benzene rings is 1. The topological polar surface area (TPSA) is 97.2 Å². The molecule has 0 saturated heterocycles. The van der Waals surface area contributed by atoms with Crippen molar-refractivity contribution in [3.8, 4) is 0 Å². The average molecular weight is 438 g/mol. The molecule has 1 heterocycles. The second-order valence-corrected chi connectivity index (χ2v) is 9.81. The molecule has 1 fully saturated rings. The average Bonchev–Trinajstić information content (AvgIpc) is 3.48. The van der Waals surface area contributed by atoms with Crippen molar-refractivity contribution in [2.24, 2.45) is 0 Å². The molecule has 1 aromatic heterocycles. The van der Waals surface area contributed by atoms with Gasteiger partial charge in [0.05, 0.1) is 10.6 Å². The molecular formula is C19H27N5O3S2. The third-order valence-electron chi connectivity index (χ3n) is 4.84. The van der Waals surface area contributed by atoms with Gasteiger partial charge in [0.15, 0.2) is 5.16 Å². The summed E-state index contributed by atoms with van der Waals surface area (Å²) in [5.74, 6) is 1.05. The molecule has 1 amide bonds. The van der Waals surface area contributed by atoms with Gasteiger partial charge in [-0.05, 0) is 37.5 Å². The summed E-state index contributed by atoms with van der Waals surface area (Å²) in [4.78, 5) is 12.5. The number of hydrogen-bond donors (Lipinski definition) is 1. The zero-order valence-corrected chi connectivity index (χ0v) is 18.6. The number of nitrogens with one attached hydrogen (secondary N) is 1. The van der Waals surface area contributed by atoms with Crippen LogP contribution < -0.4 is 5.32 Å². The number of amides is 1. The molecule has 29 heavy (non-hydrogen) atoms. The van der Waals surface area contributed by atoms with E-state index in [0.29, 0.717) is 25.7 Å². The number of sulfonamides is 1. The summed E-state index contributed by atoms with van der Waals surface area (Å²) in [6.07, 6.45) is 2.28. The maximum atomic E-state index is 12.5. The van der Waals surface area contributed by atoms with E-state index in [0.717, 1.165) is 29.4 Å². The number of rotatable bonds is 10. The van der Waals surface area contributed by atoms with Crippen LogP contribution in [-0.4, -0.2) is 52.2 Å². The molecule has 1 saturated carbocycles. The quantitative estimate of drug-likeness (QED) is 0.573. The molecule has 1 aliphatic rings. The molecule has 0 spiro atoms. The zero-order valence-electron chi connectivity index (χ0n) is 17.0. The van der Waals surface area contributed by atoms with E-state index in [4.69, 9.17) is 0 Å². The van der Waals surface area contributed by atoms with Crippen molar-refractivity contribution in [3.05, 3.63) is 35.7 Å². The van der Waals surface area contributed by atoms with Gasteiger partial charge in [0.1, 0.15) is 5.82 Å². The third-order valence-corrected chi connectivity index (χ3v) is 7.84. The van der Waals surface area contributed by atoms with Gasteiger partial charge in [-0.3, -0.25) is 4.79 Å². The summed E-state index contributed by atoms with van der Waals surface area (Å²) in [5, 5.41) is 11.9. The minimum Gasteiger partial charge on any atom is -0.351 e. The van der Waals surface area contributed by atoms with Crippen LogP contribution in [0.5, 0.6) is 0 Å². The lowest BCUT2D eigenvalue weighted by Crippen LogP contribution is -2.30. The molecule has 1 N–H and O–H groups in total. The van der Waals surface area contributed by atoms with Crippen molar-refractivity contribution >= 4 is 27.7 Å². The predicted octanol–water partition coefficient (Wildman–Crippen LogP) is 2.36.